The molecule has 2 bridgehead atoms. The maximum Gasteiger partial charge on any atom is 0.246 e. The third-order valence-corrected chi connectivity index (χ3v) is 7.39. The zero-order valence-corrected chi connectivity index (χ0v) is 23.8. The van der Waals surface area contributed by atoms with Crippen molar-refractivity contribution < 1.29 is 14.3 Å². The monoisotopic (exact) mass is 578 g/mol. The molecule has 6 heterocycles. The Morgan fingerprint density at radius 1 is 1.09 bits per heavy atom. The second-order valence-electron chi connectivity index (χ2n) is 10.7. The van der Waals surface area contributed by atoms with Crippen LogP contribution in [-0.2, 0) is 4.79 Å². The lowest BCUT2D eigenvalue weighted by Crippen LogP contribution is -2.56. The number of fused-ring (bicyclic) bond motifs is 6. The molecule has 1 unspecified atom stereocenters. The molecule has 2 aliphatic heterocycles. The highest BCUT2D eigenvalue weighted by molar-refractivity contribution is 5.90. The Hall–Kier alpha value is -5.30. The molecule has 43 heavy (non-hydrogen) atoms. The second kappa shape index (κ2) is 11.2. The highest BCUT2D eigenvalue weighted by Crippen LogP contribution is 2.36. The standard InChI is InChI=1S/C30H30N10O3/c1-37(2)10-3-4-27(41)39-13-12-38-16-21(39)17-42-25-15-24-28(36-30(25)38)29(33-18-31-24)35-20-5-7-22(8-6-20)43-23-9-11-40-26(14-23)32-19-34-40/h3-9,11,14-15,18-19,21H,10,12-13,16-17H2,1-2H3,(H,31,33,35)/b4-3+. The van der Waals surface area contributed by atoms with Crippen LogP contribution < -0.4 is 19.7 Å². The van der Waals surface area contributed by atoms with Gasteiger partial charge in [0.05, 0.1) is 11.6 Å². The number of amides is 1. The van der Waals surface area contributed by atoms with Crippen LogP contribution in [0.25, 0.3) is 16.7 Å². The van der Waals surface area contributed by atoms with Gasteiger partial charge in [0, 0.05) is 56.3 Å². The average Bonchev–Trinajstić information content (AvgIpc) is 3.43. The van der Waals surface area contributed by atoms with Gasteiger partial charge in [0.25, 0.3) is 0 Å². The van der Waals surface area contributed by atoms with E-state index in [4.69, 9.17) is 14.5 Å². The largest absolute Gasteiger partial charge is 0.487 e. The summed E-state index contributed by atoms with van der Waals surface area (Å²) >= 11 is 0. The summed E-state index contributed by atoms with van der Waals surface area (Å²) in [7, 11) is 3.95. The number of carbonyl (C=O) groups excluding carboxylic acids is 1. The van der Waals surface area contributed by atoms with Crippen LogP contribution in [0.3, 0.4) is 0 Å². The molecule has 1 atom stereocenters. The predicted octanol–water partition coefficient (Wildman–Crippen LogP) is 3.13. The summed E-state index contributed by atoms with van der Waals surface area (Å²) in [5.41, 5.74) is 2.83. The maximum atomic E-state index is 12.9. The number of carbonyl (C=O) groups is 1. The third-order valence-electron chi connectivity index (χ3n) is 7.39. The van der Waals surface area contributed by atoms with Gasteiger partial charge in [-0.15, -0.1) is 0 Å². The Kier molecular flexibility index (Phi) is 6.91. The van der Waals surface area contributed by atoms with Gasteiger partial charge in [0.1, 0.15) is 36.3 Å². The molecule has 0 radical (unpaired) electrons. The van der Waals surface area contributed by atoms with E-state index in [9.17, 15) is 4.79 Å². The normalized spacial score (nSPS) is 16.4. The number of hydrogen-bond donors (Lipinski definition) is 1. The van der Waals surface area contributed by atoms with Crippen molar-refractivity contribution in [2.45, 2.75) is 6.04 Å². The van der Waals surface area contributed by atoms with E-state index in [1.165, 1.54) is 12.7 Å². The first-order chi connectivity index (χ1) is 21.0. The molecule has 7 rings (SSSR count). The van der Waals surface area contributed by atoms with Crippen molar-refractivity contribution >= 4 is 39.9 Å². The highest BCUT2D eigenvalue weighted by atomic mass is 16.5. The molecular weight excluding hydrogens is 548 g/mol. The van der Waals surface area contributed by atoms with Crippen molar-refractivity contribution in [3.63, 3.8) is 0 Å². The van der Waals surface area contributed by atoms with Crippen LogP contribution in [0.2, 0.25) is 0 Å². The van der Waals surface area contributed by atoms with Gasteiger partial charge >= 0.3 is 0 Å². The average molecular weight is 579 g/mol. The van der Waals surface area contributed by atoms with Gasteiger partial charge in [-0.25, -0.2) is 24.5 Å². The van der Waals surface area contributed by atoms with Crippen LogP contribution in [-0.4, -0.2) is 98.2 Å². The molecule has 4 aromatic heterocycles. The number of nitrogens with zero attached hydrogens (tertiary/aromatic N) is 9. The van der Waals surface area contributed by atoms with Gasteiger partial charge in [-0.05, 0) is 44.4 Å². The minimum absolute atomic E-state index is 0.00402. The molecule has 1 aromatic carbocycles. The van der Waals surface area contributed by atoms with E-state index in [1.54, 1.807) is 16.8 Å². The van der Waals surface area contributed by atoms with Crippen LogP contribution >= 0.6 is 0 Å². The summed E-state index contributed by atoms with van der Waals surface area (Å²) in [6.07, 6.45) is 8.36. The molecule has 13 heteroatoms. The molecule has 0 aliphatic carbocycles. The van der Waals surface area contributed by atoms with E-state index in [0.29, 0.717) is 72.5 Å². The first-order valence-electron chi connectivity index (χ1n) is 14.0. The van der Waals surface area contributed by atoms with E-state index in [1.807, 2.05) is 72.4 Å². The fraction of sp³-hybridized carbons (Fsp3) is 0.267. The fourth-order valence-corrected chi connectivity index (χ4v) is 5.25. The number of piperazine rings is 1. The molecular formula is C30H30N10O3. The van der Waals surface area contributed by atoms with Crippen LogP contribution in [0.1, 0.15) is 0 Å². The topological polar surface area (TPSA) is 126 Å². The molecule has 5 aromatic rings. The van der Waals surface area contributed by atoms with Crippen molar-refractivity contribution in [3.05, 3.63) is 73.5 Å². The Bertz CT molecular complexity index is 1820. The summed E-state index contributed by atoms with van der Waals surface area (Å²) in [6, 6.07) is 13.1. The SMILES string of the molecule is CN(C)C/C=C/C(=O)N1CCN2CC1COc1cc3ncnc(Nc4ccc(Oc5ccn6ncnc6c5)cc4)c3nc12. The first-order valence-corrected chi connectivity index (χ1v) is 14.0. The lowest BCUT2D eigenvalue weighted by molar-refractivity contribution is -0.129. The summed E-state index contributed by atoms with van der Waals surface area (Å²) in [4.78, 5) is 37.1. The van der Waals surface area contributed by atoms with Crippen molar-refractivity contribution in [3.8, 4) is 17.2 Å². The number of rotatable bonds is 7. The number of likely N-dealkylation sites (N-methyl/N-ethyl adjacent to an activating group) is 1. The summed E-state index contributed by atoms with van der Waals surface area (Å²) in [6.45, 7) is 2.99. The van der Waals surface area contributed by atoms with E-state index in [0.717, 1.165) is 11.5 Å². The van der Waals surface area contributed by atoms with Gasteiger partial charge in [-0.1, -0.05) is 6.08 Å². The summed E-state index contributed by atoms with van der Waals surface area (Å²) < 4.78 is 13.9. The molecule has 1 N–H and O–H groups in total. The smallest absolute Gasteiger partial charge is 0.246 e. The van der Waals surface area contributed by atoms with Gasteiger partial charge in [0.15, 0.2) is 23.0 Å². The van der Waals surface area contributed by atoms with E-state index in [-0.39, 0.29) is 11.9 Å². The van der Waals surface area contributed by atoms with Crippen molar-refractivity contribution in [2.24, 2.45) is 0 Å². The number of nitrogens with one attached hydrogen (secondary N) is 1. The van der Waals surface area contributed by atoms with Gasteiger partial charge in [0.2, 0.25) is 5.91 Å². The second-order valence-corrected chi connectivity index (χ2v) is 10.7. The van der Waals surface area contributed by atoms with Crippen molar-refractivity contribution in [1.82, 2.24) is 39.3 Å². The zero-order valence-electron chi connectivity index (χ0n) is 23.8. The Morgan fingerprint density at radius 3 is 2.84 bits per heavy atom. The van der Waals surface area contributed by atoms with Crippen LogP contribution in [0.4, 0.5) is 17.3 Å². The minimum Gasteiger partial charge on any atom is -0.487 e. The van der Waals surface area contributed by atoms with Crippen molar-refractivity contribution in [2.75, 3.05) is 57.1 Å². The minimum atomic E-state index is -0.0785. The van der Waals surface area contributed by atoms with Gasteiger partial charge < -0.3 is 29.5 Å². The number of ether oxygens (including phenoxy) is 2. The summed E-state index contributed by atoms with van der Waals surface area (Å²) in [5, 5.41) is 7.48. The lowest BCUT2D eigenvalue weighted by Gasteiger charge is -2.39. The number of aromatic nitrogens is 6. The van der Waals surface area contributed by atoms with Crippen LogP contribution in [0.15, 0.2) is 73.5 Å². The molecule has 218 valence electrons. The number of benzene rings is 1. The Morgan fingerprint density at radius 2 is 1.98 bits per heavy atom. The van der Waals surface area contributed by atoms with Crippen molar-refractivity contribution in [1.29, 1.82) is 0 Å². The van der Waals surface area contributed by atoms with E-state index in [2.05, 4.69) is 30.3 Å². The number of hydrogen-bond acceptors (Lipinski definition) is 11. The molecule has 1 fully saturated rings. The number of pyridine rings is 2. The molecule has 0 saturated carbocycles. The fourth-order valence-electron chi connectivity index (χ4n) is 5.25. The van der Waals surface area contributed by atoms with Crippen LogP contribution in [0.5, 0.6) is 17.2 Å². The Labute approximate surface area is 247 Å². The number of anilines is 3. The van der Waals surface area contributed by atoms with Gasteiger partial charge in [-0.3, -0.25) is 4.79 Å². The van der Waals surface area contributed by atoms with Crippen LogP contribution in [0, 0.1) is 0 Å². The summed E-state index contributed by atoms with van der Waals surface area (Å²) in [5.74, 6) is 3.33. The molecule has 13 nitrogen and oxygen atoms in total. The first kappa shape index (κ1) is 26.6. The maximum absolute atomic E-state index is 12.9. The Balaban J connectivity index is 1.08. The zero-order chi connectivity index (χ0) is 29.3. The molecule has 1 saturated heterocycles. The molecule has 1 amide bonds. The molecule has 2 aliphatic rings. The van der Waals surface area contributed by atoms with Gasteiger partial charge in [-0.2, -0.15) is 5.10 Å². The lowest BCUT2D eigenvalue weighted by atomic mass is 10.1. The highest BCUT2D eigenvalue weighted by Gasteiger charge is 2.35. The third kappa shape index (κ3) is 5.49. The van der Waals surface area contributed by atoms with E-state index >= 15 is 0 Å². The van der Waals surface area contributed by atoms with E-state index < -0.39 is 0 Å². The predicted molar refractivity (Wildman–Crippen MR) is 161 cm³/mol. The quantitative estimate of drug-likeness (QED) is 0.286. The molecule has 0 spiro atoms.